The third-order valence-corrected chi connectivity index (χ3v) is 8.26. The van der Waals surface area contributed by atoms with Crippen LogP contribution in [-0.4, -0.2) is 69.1 Å². The van der Waals surface area contributed by atoms with Crippen LogP contribution in [0.15, 0.2) is 53.4 Å². The van der Waals surface area contributed by atoms with Crippen LogP contribution < -0.4 is 5.32 Å². The fraction of sp³-hybridized carbons (Fsp3) is 0.480. The van der Waals surface area contributed by atoms with Crippen molar-refractivity contribution in [1.82, 2.24) is 19.8 Å². The predicted octanol–water partition coefficient (Wildman–Crippen LogP) is 4.01. The van der Waals surface area contributed by atoms with Gasteiger partial charge in [-0.15, -0.1) is 0 Å². The van der Waals surface area contributed by atoms with Crippen molar-refractivity contribution in [2.75, 3.05) is 44.4 Å². The van der Waals surface area contributed by atoms with E-state index in [9.17, 15) is 4.21 Å². The maximum absolute atomic E-state index is 12.5. The van der Waals surface area contributed by atoms with Crippen molar-refractivity contribution in [3.05, 3.63) is 54.4 Å². The number of nitrogens with one attached hydrogen (secondary N) is 2. The number of H-pyrrole nitrogens is 1. The first-order valence-electron chi connectivity index (χ1n) is 11.8. The third-order valence-electron chi connectivity index (χ3n) is 7.05. The van der Waals surface area contributed by atoms with Crippen molar-refractivity contribution >= 4 is 27.5 Å². The van der Waals surface area contributed by atoms with Crippen molar-refractivity contribution in [1.29, 1.82) is 0 Å². The van der Waals surface area contributed by atoms with Crippen LogP contribution in [-0.2, 0) is 10.8 Å². The molecule has 2 aliphatic rings. The van der Waals surface area contributed by atoms with E-state index in [4.69, 9.17) is 4.98 Å². The van der Waals surface area contributed by atoms with E-state index in [2.05, 4.69) is 39.3 Å². The molecule has 1 saturated carbocycles. The summed E-state index contributed by atoms with van der Waals surface area (Å²) in [5.41, 5.74) is 3.03. The Kier molecular flexibility index (Phi) is 6.57. The van der Waals surface area contributed by atoms with Crippen LogP contribution in [0.5, 0.6) is 0 Å². The largest absolute Gasteiger partial charge is 0.373 e. The molecule has 1 aliphatic carbocycles. The molecule has 2 heterocycles. The molecule has 2 aromatic carbocycles. The molecular weight excluding hydrogens is 418 g/mol. The van der Waals surface area contributed by atoms with Crippen LogP contribution in [0.4, 0.5) is 5.69 Å². The van der Waals surface area contributed by atoms with Crippen LogP contribution in [0.1, 0.15) is 37.4 Å². The molecule has 0 amide bonds. The number of fused-ring (bicyclic) bond motifs is 1. The predicted molar refractivity (Wildman–Crippen MR) is 132 cm³/mol. The Balaban J connectivity index is 1.19. The van der Waals surface area contributed by atoms with Crippen LogP contribution in [0, 0.1) is 0 Å². The summed E-state index contributed by atoms with van der Waals surface area (Å²) in [5, 5.41) is 3.31. The Morgan fingerprint density at radius 1 is 1.03 bits per heavy atom. The van der Waals surface area contributed by atoms with Crippen molar-refractivity contribution in [3.63, 3.8) is 0 Å². The molecule has 3 aromatic rings. The number of imidazole rings is 1. The first kappa shape index (κ1) is 21.6. The second-order valence-corrected chi connectivity index (χ2v) is 10.6. The van der Waals surface area contributed by atoms with Gasteiger partial charge in [-0.3, -0.25) is 9.11 Å². The highest BCUT2D eigenvalue weighted by Gasteiger charge is 2.29. The van der Waals surface area contributed by atoms with Gasteiger partial charge in [0.15, 0.2) is 0 Å². The number of rotatable bonds is 6. The normalized spacial score (nSPS) is 23.9. The molecule has 7 heteroatoms. The second kappa shape index (κ2) is 9.73. The smallest absolute Gasteiger partial charge is 0.110 e. The summed E-state index contributed by atoms with van der Waals surface area (Å²) in [6.45, 7) is 4.81. The average Bonchev–Trinajstić information content (AvgIpc) is 3.27. The van der Waals surface area contributed by atoms with Crippen LogP contribution >= 0.6 is 0 Å². The number of nitrogens with zero attached hydrogens (tertiary/aromatic N) is 3. The zero-order chi connectivity index (χ0) is 21.9. The molecule has 1 saturated heterocycles. The highest BCUT2D eigenvalue weighted by atomic mass is 32.2. The van der Waals surface area contributed by atoms with Gasteiger partial charge in [0.25, 0.3) is 0 Å². The summed E-state index contributed by atoms with van der Waals surface area (Å²) >= 11 is 0. The lowest BCUT2D eigenvalue weighted by molar-refractivity contribution is 0.0873. The van der Waals surface area contributed by atoms with E-state index in [1.54, 1.807) is 0 Å². The van der Waals surface area contributed by atoms with Crippen molar-refractivity contribution < 1.29 is 4.21 Å². The maximum Gasteiger partial charge on any atom is 0.110 e. The second-order valence-electron chi connectivity index (χ2n) is 9.18. The maximum atomic E-state index is 12.5. The van der Waals surface area contributed by atoms with E-state index < -0.39 is 10.8 Å². The van der Waals surface area contributed by atoms with E-state index in [0.717, 1.165) is 33.5 Å². The fourth-order valence-electron chi connectivity index (χ4n) is 5.04. The number of hydrogen-bond acceptors (Lipinski definition) is 5. The summed E-state index contributed by atoms with van der Waals surface area (Å²) in [5.74, 6) is 2.04. The standard InChI is InChI=1S/C25H33N5OS/c1-29-13-15-30(16-14-29)21-10-7-19(8-11-21)25-27-23-12-9-20(17-24(23)28-25)26-18-32(31)22-5-3-2-4-6-22/h2-6,9,12,17,19,21,26H,7-8,10-11,13-16,18H2,1H3,(H,27,28). The van der Waals surface area contributed by atoms with Crippen molar-refractivity contribution in [3.8, 4) is 0 Å². The molecular formula is C25H33N5OS. The lowest BCUT2D eigenvalue weighted by Gasteiger charge is -2.40. The zero-order valence-corrected chi connectivity index (χ0v) is 19.6. The molecule has 1 aromatic heterocycles. The van der Waals surface area contributed by atoms with Gasteiger partial charge in [-0.2, -0.15) is 0 Å². The molecule has 0 bridgehead atoms. The topological polar surface area (TPSA) is 64.3 Å². The quantitative estimate of drug-likeness (QED) is 0.593. The molecule has 5 rings (SSSR count). The van der Waals surface area contributed by atoms with Gasteiger partial charge >= 0.3 is 0 Å². The first-order chi connectivity index (χ1) is 15.7. The third kappa shape index (κ3) is 4.90. The molecule has 0 radical (unpaired) electrons. The highest BCUT2D eigenvalue weighted by Crippen LogP contribution is 2.35. The lowest BCUT2D eigenvalue weighted by atomic mass is 9.84. The van der Waals surface area contributed by atoms with Gasteiger partial charge in [0.2, 0.25) is 0 Å². The number of aromatic nitrogens is 2. The summed E-state index contributed by atoms with van der Waals surface area (Å²) in [6.07, 6.45) is 4.95. The Morgan fingerprint density at radius 2 is 1.78 bits per heavy atom. The molecule has 2 fully saturated rings. The van der Waals surface area contributed by atoms with E-state index in [-0.39, 0.29) is 0 Å². The highest BCUT2D eigenvalue weighted by molar-refractivity contribution is 7.85. The van der Waals surface area contributed by atoms with Gasteiger partial charge in [-0.25, -0.2) is 4.98 Å². The van der Waals surface area contributed by atoms with Crippen LogP contribution in [0.2, 0.25) is 0 Å². The van der Waals surface area contributed by atoms with Gasteiger partial charge in [-0.05, 0) is 63.1 Å². The number of likely N-dealkylation sites (N-methyl/N-ethyl adjacent to an activating group) is 1. The first-order valence-corrected chi connectivity index (χ1v) is 13.1. The Bertz CT molecular complexity index is 1050. The molecule has 0 spiro atoms. The van der Waals surface area contributed by atoms with Gasteiger partial charge in [-0.1, -0.05) is 18.2 Å². The Morgan fingerprint density at radius 3 is 2.53 bits per heavy atom. The van der Waals surface area contributed by atoms with Gasteiger partial charge in [0.05, 0.1) is 27.7 Å². The number of benzene rings is 2. The number of piperazine rings is 1. The molecule has 2 N–H and O–H groups in total. The van der Waals surface area contributed by atoms with Crippen LogP contribution in [0.25, 0.3) is 11.0 Å². The SMILES string of the molecule is CN1CCN(C2CCC(c3nc4ccc(NCS(=O)c5ccccc5)cc4[nH]3)CC2)CC1. The molecule has 32 heavy (non-hydrogen) atoms. The van der Waals surface area contributed by atoms with E-state index in [1.807, 2.05) is 36.4 Å². The number of hydrogen-bond donors (Lipinski definition) is 2. The molecule has 6 nitrogen and oxygen atoms in total. The van der Waals surface area contributed by atoms with Crippen molar-refractivity contribution in [2.24, 2.45) is 0 Å². The van der Waals surface area contributed by atoms with Crippen LogP contribution in [0.3, 0.4) is 0 Å². The van der Waals surface area contributed by atoms with Crippen molar-refractivity contribution in [2.45, 2.75) is 42.5 Å². The summed E-state index contributed by atoms with van der Waals surface area (Å²) in [7, 11) is 1.15. The van der Waals surface area contributed by atoms with Gasteiger partial charge in [0, 0.05) is 48.7 Å². The molecule has 1 aliphatic heterocycles. The summed E-state index contributed by atoms with van der Waals surface area (Å²) in [4.78, 5) is 14.5. The minimum atomic E-state index is -1.07. The molecule has 1 unspecified atom stereocenters. The summed E-state index contributed by atoms with van der Waals surface area (Å²) in [6, 6.07) is 16.5. The summed E-state index contributed by atoms with van der Waals surface area (Å²) < 4.78 is 12.5. The lowest BCUT2D eigenvalue weighted by Crippen LogP contribution is -2.49. The average molecular weight is 452 g/mol. The van der Waals surface area contributed by atoms with E-state index in [0.29, 0.717) is 11.8 Å². The van der Waals surface area contributed by atoms with Gasteiger partial charge in [0.1, 0.15) is 5.82 Å². The molecule has 1 atom stereocenters. The fourth-order valence-corrected chi connectivity index (χ4v) is 5.96. The van der Waals surface area contributed by atoms with E-state index in [1.165, 1.54) is 51.9 Å². The van der Waals surface area contributed by atoms with E-state index >= 15 is 0 Å². The zero-order valence-electron chi connectivity index (χ0n) is 18.8. The molecule has 170 valence electrons. The Labute approximate surface area is 192 Å². The minimum absolute atomic E-state index is 0.396. The number of aromatic amines is 1. The van der Waals surface area contributed by atoms with Gasteiger partial charge < -0.3 is 15.2 Å². The minimum Gasteiger partial charge on any atom is -0.373 e. The monoisotopic (exact) mass is 451 g/mol. The Hall–Kier alpha value is -2.22. The number of anilines is 1.